The summed E-state index contributed by atoms with van der Waals surface area (Å²) in [7, 11) is 0. The number of aryl methyl sites for hydroxylation is 1. The molecule has 36 heavy (non-hydrogen) atoms. The summed E-state index contributed by atoms with van der Waals surface area (Å²) in [5.74, 6) is 1.08. The van der Waals surface area contributed by atoms with Crippen LogP contribution in [0, 0.1) is 0 Å². The van der Waals surface area contributed by atoms with Crippen LogP contribution in [0.25, 0.3) is 28.5 Å². The molecule has 1 unspecified atom stereocenters. The SMILES string of the molecule is CCCc1cn(-c2ncnn2C(C)CC)c(=O)n1Cc1cnccc1-c1ccc(-c2nn[nH]n2)cc1. The van der Waals surface area contributed by atoms with E-state index in [9.17, 15) is 4.79 Å². The van der Waals surface area contributed by atoms with Crippen LogP contribution in [0.15, 0.2) is 60.0 Å². The van der Waals surface area contributed by atoms with Crippen molar-refractivity contribution in [3.05, 3.63) is 77.0 Å². The minimum Gasteiger partial charge on any atom is -0.291 e. The molecule has 11 heteroatoms. The first-order valence-electron chi connectivity index (χ1n) is 12.1. The van der Waals surface area contributed by atoms with Crippen LogP contribution < -0.4 is 5.69 Å². The summed E-state index contributed by atoms with van der Waals surface area (Å²) in [5.41, 5.74) is 4.65. The topological polar surface area (TPSA) is 125 Å². The van der Waals surface area contributed by atoms with E-state index in [2.05, 4.69) is 56.5 Å². The van der Waals surface area contributed by atoms with E-state index >= 15 is 0 Å². The Morgan fingerprint density at radius 1 is 1.08 bits per heavy atom. The van der Waals surface area contributed by atoms with Crippen LogP contribution in [-0.2, 0) is 13.0 Å². The second-order valence-corrected chi connectivity index (χ2v) is 8.72. The standard InChI is InChI=1S/C25H28N10O/c1-4-6-21-15-34(24-27-16-28-35(24)17(3)5-2)25(36)33(21)14-20-13-26-12-11-22(20)18-7-9-19(10-8-18)23-29-31-32-30-23/h7-13,15-17H,4-6,14H2,1-3H3,(H,29,30,31,32). The molecule has 1 aromatic carbocycles. The van der Waals surface area contributed by atoms with Crippen LogP contribution in [0.5, 0.6) is 0 Å². The van der Waals surface area contributed by atoms with E-state index in [1.54, 1.807) is 10.8 Å². The molecule has 1 atom stereocenters. The third kappa shape index (κ3) is 4.35. The Labute approximate surface area is 207 Å². The van der Waals surface area contributed by atoms with Gasteiger partial charge in [0.25, 0.3) is 0 Å². The molecule has 0 saturated heterocycles. The van der Waals surface area contributed by atoms with Crippen LogP contribution in [-0.4, -0.2) is 49.5 Å². The molecular weight excluding hydrogens is 456 g/mol. The van der Waals surface area contributed by atoms with Gasteiger partial charge in [-0.3, -0.25) is 9.55 Å². The molecule has 0 spiro atoms. The Morgan fingerprint density at radius 3 is 2.61 bits per heavy atom. The van der Waals surface area contributed by atoms with Crippen molar-refractivity contribution in [1.29, 1.82) is 0 Å². The molecule has 1 N–H and O–H groups in total. The predicted molar refractivity (Wildman–Crippen MR) is 135 cm³/mol. The molecule has 0 fully saturated rings. The number of nitrogens with zero attached hydrogens (tertiary/aromatic N) is 9. The number of rotatable bonds is 9. The zero-order chi connectivity index (χ0) is 25.1. The van der Waals surface area contributed by atoms with E-state index in [1.165, 1.54) is 6.33 Å². The first-order chi connectivity index (χ1) is 17.6. The van der Waals surface area contributed by atoms with Gasteiger partial charge in [-0.15, -0.1) is 10.2 Å². The Hall–Kier alpha value is -4.41. The smallest absolute Gasteiger partial charge is 0.291 e. The number of nitrogens with one attached hydrogen (secondary N) is 1. The summed E-state index contributed by atoms with van der Waals surface area (Å²) < 4.78 is 5.23. The maximum Gasteiger partial charge on any atom is 0.335 e. The Bertz CT molecular complexity index is 1490. The van der Waals surface area contributed by atoms with E-state index < -0.39 is 0 Å². The summed E-state index contributed by atoms with van der Waals surface area (Å²) in [4.78, 5) is 22.4. The van der Waals surface area contributed by atoms with Crippen molar-refractivity contribution < 1.29 is 0 Å². The second-order valence-electron chi connectivity index (χ2n) is 8.72. The monoisotopic (exact) mass is 484 g/mol. The van der Waals surface area contributed by atoms with Gasteiger partial charge in [-0.2, -0.15) is 15.3 Å². The van der Waals surface area contributed by atoms with Crippen LogP contribution in [0.2, 0.25) is 0 Å². The first-order valence-corrected chi connectivity index (χ1v) is 12.1. The summed E-state index contributed by atoms with van der Waals surface area (Å²) in [6, 6.07) is 10.0. The number of imidazole rings is 1. The Kier molecular flexibility index (Phi) is 6.52. The van der Waals surface area contributed by atoms with Crippen molar-refractivity contribution in [3.8, 4) is 28.5 Å². The highest BCUT2D eigenvalue weighted by Gasteiger charge is 2.19. The van der Waals surface area contributed by atoms with Gasteiger partial charge >= 0.3 is 5.69 Å². The van der Waals surface area contributed by atoms with Gasteiger partial charge in [-0.1, -0.05) is 44.5 Å². The van der Waals surface area contributed by atoms with Crippen molar-refractivity contribution in [2.45, 2.75) is 52.6 Å². The molecule has 0 aliphatic rings. The van der Waals surface area contributed by atoms with E-state index in [0.29, 0.717) is 18.3 Å². The van der Waals surface area contributed by atoms with E-state index in [0.717, 1.165) is 47.2 Å². The fraction of sp³-hybridized carbons (Fsp3) is 0.320. The quantitative estimate of drug-likeness (QED) is 0.340. The molecule has 0 aliphatic heterocycles. The lowest BCUT2D eigenvalue weighted by molar-refractivity contribution is 0.466. The van der Waals surface area contributed by atoms with Crippen molar-refractivity contribution >= 4 is 0 Å². The maximum absolute atomic E-state index is 13.7. The minimum atomic E-state index is -0.140. The number of hydrogen-bond donors (Lipinski definition) is 1. The lowest BCUT2D eigenvalue weighted by Crippen LogP contribution is -2.27. The van der Waals surface area contributed by atoms with Crippen molar-refractivity contribution in [2.75, 3.05) is 0 Å². The first kappa shape index (κ1) is 23.3. The van der Waals surface area contributed by atoms with Gasteiger partial charge in [0, 0.05) is 29.8 Å². The Balaban J connectivity index is 1.53. The number of tetrazole rings is 1. The van der Waals surface area contributed by atoms with Crippen LogP contribution >= 0.6 is 0 Å². The summed E-state index contributed by atoms with van der Waals surface area (Å²) >= 11 is 0. The Morgan fingerprint density at radius 2 is 1.89 bits per heavy atom. The molecule has 4 aromatic heterocycles. The van der Waals surface area contributed by atoms with Crippen molar-refractivity contribution in [3.63, 3.8) is 0 Å². The van der Waals surface area contributed by atoms with Gasteiger partial charge in [0.15, 0.2) is 0 Å². The van der Waals surface area contributed by atoms with Crippen LogP contribution in [0.3, 0.4) is 0 Å². The fourth-order valence-electron chi connectivity index (χ4n) is 4.28. The highest BCUT2D eigenvalue weighted by molar-refractivity contribution is 5.69. The maximum atomic E-state index is 13.7. The second kappa shape index (κ2) is 10.1. The largest absolute Gasteiger partial charge is 0.335 e. The normalized spacial score (nSPS) is 12.2. The van der Waals surface area contributed by atoms with Gasteiger partial charge in [-0.25, -0.2) is 14.0 Å². The number of hydrogen-bond acceptors (Lipinski definition) is 7. The molecule has 0 aliphatic carbocycles. The number of aromatic nitrogens is 10. The number of aromatic amines is 1. The highest BCUT2D eigenvalue weighted by Crippen LogP contribution is 2.26. The third-order valence-corrected chi connectivity index (χ3v) is 6.38. The van der Waals surface area contributed by atoms with Crippen LogP contribution in [0.1, 0.15) is 50.9 Å². The molecule has 11 nitrogen and oxygen atoms in total. The molecular formula is C25H28N10O. The van der Waals surface area contributed by atoms with Gasteiger partial charge in [-0.05, 0) is 47.7 Å². The zero-order valence-electron chi connectivity index (χ0n) is 20.5. The minimum absolute atomic E-state index is 0.132. The third-order valence-electron chi connectivity index (χ3n) is 6.38. The molecule has 0 radical (unpaired) electrons. The lowest BCUT2D eigenvalue weighted by atomic mass is 10.00. The van der Waals surface area contributed by atoms with Gasteiger partial charge < -0.3 is 0 Å². The average Bonchev–Trinajstić information content (AvgIpc) is 3.67. The lowest BCUT2D eigenvalue weighted by Gasteiger charge is -2.12. The predicted octanol–water partition coefficient (Wildman–Crippen LogP) is 3.44. The molecule has 4 heterocycles. The average molecular weight is 485 g/mol. The molecule has 184 valence electrons. The number of H-pyrrole nitrogens is 1. The molecule has 5 rings (SSSR count). The highest BCUT2D eigenvalue weighted by atomic mass is 16.2. The van der Waals surface area contributed by atoms with E-state index in [1.807, 2.05) is 52.0 Å². The van der Waals surface area contributed by atoms with E-state index in [-0.39, 0.29) is 11.7 Å². The van der Waals surface area contributed by atoms with Gasteiger partial charge in [0.05, 0.1) is 12.6 Å². The van der Waals surface area contributed by atoms with Gasteiger partial charge in [0.1, 0.15) is 6.33 Å². The number of benzene rings is 1. The fourth-order valence-corrected chi connectivity index (χ4v) is 4.28. The summed E-state index contributed by atoms with van der Waals surface area (Å²) in [5, 5.41) is 18.5. The molecule has 0 amide bonds. The molecule has 0 saturated carbocycles. The summed E-state index contributed by atoms with van der Waals surface area (Å²) in [6.45, 7) is 6.66. The zero-order valence-corrected chi connectivity index (χ0v) is 20.5. The molecule has 5 aromatic rings. The van der Waals surface area contributed by atoms with E-state index in [4.69, 9.17) is 0 Å². The van der Waals surface area contributed by atoms with Crippen molar-refractivity contribution in [1.82, 2.24) is 49.5 Å². The van der Waals surface area contributed by atoms with Gasteiger partial charge in [0.2, 0.25) is 11.8 Å². The summed E-state index contributed by atoms with van der Waals surface area (Å²) in [6.07, 6.45) is 9.56. The van der Waals surface area contributed by atoms with Crippen LogP contribution in [0.4, 0.5) is 0 Å². The molecule has 0 bridgehead atoms. The van der Waals surface area contributed by atoms with Crippen molar-refractivity contribution in [2.24, 2.45) is 0 Å². The number of pyridine rings is 1.